The number of fused-ring (bicyclic) bond motifs is 2. The first-order chi connectivity index (χ1) is 14.5. The Labute approximate surface area is 186 Å². The smallest absolute Gasteiger partial charge is 0.281 e. The number of hydrogen-bond acceptors (Lipinski definition) is 7. The third kappa shape index (κ3) is 4.54. The number of para-hydroxylation sites is 1. The molecule has 11 heteroatoms. The Bertz CT molecular complexity index is 1110. The molecule has 4 rings (SSSR count). The minimum atomic E-state index is -3.48. The highest BCUT2D eigenvalue weighted by molar-refractivity contribution is 7.86. The molecule has 2 aliphatic rings. The number of hydrogen-bond donors (Lipinski definition) is 1. The van der Waals surface area contributed by atoms with Gasteiger partial charge >= 0.3 is 0 Å². The first kappa shape index (κ1) is 22.0. The summed E-state index contributed by atoms with van der Waals surface area (Å²) in [7, 11) is -0.460. The van der Waals surface area contributed by atoms with Crippen LogP contribution in [0.5, 0.6) is 11.5 Å². The average Bonchev–Trinajstić information content (AvgIpc) is 3.23. The number of carbonyl (C=O) groups excluding carboxylic acids is 1. The maximum atomic E-state index is 12.4. The van der Waals surface area contributed by atoms with E-state index in [1.165, 1.54) is 34.0 Å². The second-order valence-corrected chi connectivity index (χ2v) is 11.6. The van der Waals surface area contributed by atoms with E-state index in [0.717, 1.165) is 22.6 Å². The molecule has 0 bridgehead atoms. The van der Waals surface area contributed by atoms with Crippen LogP contribution in [0.4, 0.5) is 5.13 Å². The standard InChI is InChI=1S/C20H26N4O5S2/c1-20(2)10-13-6-5-7-15(18(13)29-20)28-12-17(25)22-19-21-14-8-9-24(11-16(14)30-19)31(26,27)23(3)4/h5-7H,8-12H2,1-4H3,(H,21,22,25). The zero-order chi connectivity index (χ0) is 22.4. The third-order valence-corrected chi connectivity index (χ3v) is 8.03. The molecule has 3 heterocycles. The fraction of sp³-hybridized carbons (Fsp3) is 0.500. The first-order valence-corrected chi connectivity index (χ1v) is 12.2. The molecule has 0 spiro atoms. The summed E-state index contributed by atoms with van der Waals surface area (Å²) in [4.78, 5) is 17.7. The lowest BCUT2D eigenvalue weighted by atomic mass is 10.0. The fourth-order valence-electron chi connectivity index (χ4n) is 3.65. The van der Waals surface area contributed by atoms with E-state index in [2.05, 4.69) is 10.3 Å². The molecule has 1 aromatic carbocycles. The van der Waals surface area contributed by atoms with Gasteiger partial charge < -0.3 is 9.47 Å². The Balaban J connectivity index is 1.38. The van der Waals surface area contributed by atoms with Crippen molar-refractivity contribution in [1.82, 2.24) is 13.6 Å². The molecule has 168 valence electrons. The number of anilines is 1. The number of carbonyl (C=O) groups is 1. The molecule has 1 amide bonds. The van der Waals surface area contributed by atoms with Gasteiger partial charge in [0.2, 0.25) is 0 Å². The minimum absolute atomic E-state index is 0.175. The van der Waals surface area contributed by atoms with Crippen molar-refractivity contribution >= 4 is 32.6 Å². The molecule has 0 atom stereocenters. The lowest BCUT2D eigenvalue weighted by Gasteiger charge is -2.27. The van der Waals surface area contributed by atoms with Gasteiger partial charge in [-0.3, -0.25) is 10.1 Å². The summed E-state index contributed by atoms with van der Waals surface area (Å²) in [6, 6.07) is 5.67. The molecule has 2 aromatic rings. The predicted octanol–water partition coefficient (Wildman–Crippen LogP) is 2.04. The van der Waals surface area contributed by atoms with Crippen LogP contribution in [0.2, 0.25) is 0 Å². The first-order valence-electron chi connectivity index (χ1n) is 9.95. The second kappa shape index (κ2) is 8.05. The van der Waals surface area contributed by atoms with Crippen LogP contribution in [0, 0.1) is 0 Å². The normalized spacial score (nSPS) is 17.7. The van der Waals surface area contributed by atoms with Crippen LogP contribution in [0.25, 0.3) is 0 Å². The Morgan fingerprint density at radius 3 is 2.90 bits per heavy atom. The Morgan fingerprint density at radius 1 is 1.39 bits per heavy atom. The van der Waals surface area contributed by atoms with E-state index in [0.29, 0.717) is 29.6 Å². The van der Waals surface area contributed by atoms with Crippen LogP contribution in [-0.4, -0.2) is 60.8 Å². The molecule has 9 nitrogen and oxygen atoms in total. The van der Waals surface area contributed by atoms with Crippen molar-refractivity contribution in [3.8, 4) is 11.5 Å². The van der Waals surface area contributed by atoms with Crippen LogP contribution in [-0.2, 0) is 34.4 Å². The van der Waals surface area contributed by atoms with E-state index in [-0.39, 0.29) is 24.7 Å². The molecule has 1 aromatic heterocycles. The third-order valence-electron chi connectivity index (χ3n) is 5.14. The zero-order valence-corrected chi connectivity index (χ0v) is 19.6. The van der Waals surface area contributed by atoms with E-state index in [1.807, 2.05) is 26.0 Å². The van der Waals surface area contributed by atoms with Crippen molar-refractivity contribution in [3.05, 3.63) is 34.3 Å². The Hall–Kier alpha value is -2.21. The van der Waals surface area contributed by atoms with Crippen LogP contribution in [0.1, 0.15) is 30.0 Å². The topological polar surface area (TPSA) is 101 Å². The molecule has 31 heavy (non-hydrogen) atoms. The SMILES string of the molecule is CN(C)S(=O)(=O)N1CCc2nc(NC(=O)COc3cccc4c3OC(C)(C)C4)sc2C1. The van der Waals surface area contributed by atoms with Crippen molar-refractivity contribution in [1.29, 1.82) is 0 Å². The van der Waals surface area contributed by atoms with E-state index in [9.17, 15) is 13.2 Å². The van der Waals surface area contributed by atoms with Gasteiger partial charge in [-0.2, -0.15) is 17.0 Å². The van der Waals surface area contributed by atoms with Gasteiger partial charge in [-0.15, -0.1) is 11.3 Å². The number of rotatable bonds is 6. The van der Waals surface area contributed by atoms with E-state index < -0.39 is 10.2 Å². The second-order valence-electron chi connectivity index (χ2n) is 8.38. The fourth-order valence-corrected chi connectivity index (χ4v) is 5.85. The van der Waals surface area contributed by atoms with Crippen LogP contribution < -0.4 is 14.8 Å². The zero-order valence-electron chi connectivity index (χ0n) is 18.0. The highest BCUT2D eigenvalue weighted by atomic mass is 32.2. The summed E-state index contributed by atoms with van der Waals surface area (Å²) in [5, 5.41) is 3.20. The molecule has 0 saturated heterocycles. The van der Waals surface area contributed by atoms with Gasteiger partial charge in [-0.1, -0.05) is 12.1 Å². The lowest BCUT2D eigenvalue weighted by molar-refractivity contribution is -0.118. The number of ether oxygens (including phenoxy) is 2. The van der Waals surface area contributed by atoms with E-state index in [4.69, 9.17) is 9.47 Å². The highest BCUT2D eigenvalue weighted by Gasteiger charge is 2.33. The van der Waals surface area contributed by atoms with Crippen molar-refractivity contribution in [2.24, 2.45) is 0 Å². The molecular weight excluding hydrogens is 440 g/mol. The number of aromatic nitrogens is 1. The lowest BCUT2D eigenvalue weighted by Crippen LogP contribution is -2.42. The maximum Gasteiger partial charge on any atom is 0.281 e. The summed E-state index contributed by atoms with van der Waals surface area (Å²) in [6.45, 7) is 4.47. The van der Waals surface area contributed by atoms with Crippen LogP contribution >= 0.6 is 11.3 Å². The van der Waals surface area contributed by atoms with Crippen molar-refractivity contribution < 1.29 is 22.7 Å². The van der Waals surface area contributed by atoms with Crippen LogP contribution in [0.15, 0.2) is 18.2 Å². The minimum Gasteiger partial charge on any atom is -0.483 e. The molecule has 0 unspecified atom stereocenters. The van der Waals surface area contributed by atoms with Gasteiger partial charge in [-0.05, 0) is 19.9 Å². The molecule has 0 aliphatic carbocycles. The monoisotopic (exact) mass is 466 g/mol. The average molecular weight is 467 g/mol. The van der Waals surface area contributed by atoms with Crippen molar-refractivity contribution in [2.45, 2.75) is 38.8 Å². The quantitative estimate of drug-likeness (QED) is 0.699. The largest absolute Gasteiger partial charge is 0.483 e. The number of thiazole rings is 1. The van der Waals surface area contributed by atoms with Gasteiger partial charge in [-0.25, -0.2) is 4.98 Å². The Kier molecular flexibility index (Phi) is 5.71. The molecule has 1 N–H and O–H groups in total. The molecule has 2 aliphatic heterocycles. The van der Waals surface area contributed by atoms with Gasteiger partial charge in [0.15, 0.2) is 23.2 Å². The van der Waals surface area contributed by atoms with Gasteiger partial charge in [0.1, 0.15) is 5.60 Å². The summed E-state index contributed by atoms with van der Waals surface area (Å²) in [5.41, 5.74) is 1.59. The molecule has 0 fully saturated rings. The summed E-state index contributed by atoms with van der Waals surface area (Å²) < 4.78 is 39.0. The molecule has 0 saturated carbocycles. The summed E-state index contributed by atoms with van der Waals surface area (Å²) in [5.74, 6) is 0.895. The Morgan fingerprint density at radius 2 is 2.16 bits per heavy atom. The number of nitrogens with one attached hydrogen (secondary N) is 1. The molecule has 0 radical (unpaired) electrons. The summed E-state index contributed by atoms with van der Waals surface area (Å²) in [6.07, 6.45) is 1.30. The van der Waals surface area contributed by atoms with E-state index >= 15 is 0 Å². The highest BCUT2D eigenvalue weighted by Crippen LogP contribution is 2.41. The predicted molar refractivity (Wildman–Crippen MR) is 118 cm³/mol. The maximum absolute atomic E-state index is 12.4. The van der Waals surface area contributed by atoms with Gasteiger partial charge in [0.05, 0.1) is 12.2 Å². The van der Waals surface area contributed by atoms with E-state index in [1.54, 1.807) is 6.07 Å². The van der Waals surface area contributed by atoms with Crippen molar-refractivity contribution in [3.63, 3.8) is 0 Å². The summed E-state index contributed by atoms with van der Waals surface area (Å²) >= 11 is 1.29. The van der Waals surface area contributed by atoms with Crippen LogP contribution in [0.3, 0.4) is 0 Å². The molecular formula is C20H26N4O5S2. The van der Waals surface area contributed by atoms with Crippen molar-refractivity contribution in [2.75, 3.05) is 32.6 Å². The van der Waals surface area contributed by atoms with Gasteiger partial charge in [0, 0.05) is 43.9 Å². The number of benzene rings is 1. The van der Waals surface area contributed by atoms with Gasteiger partial charge in [0.25, 0.3) is 16.1 Å². The number of amides is 1. The number of nitrogens with zero attached hydrogens (tertiary/aromatic N) is 3.